The van der Waals surface area contributed by atoms with Crippen LogP contribution in [0.3, 0.4) is 0 Å². The zero-order valence-corrected chi connectivity index (χ0v) is 28.8. The van der Waals surface area contributed by atoms with Gasteiger partial charge in [0.1, 0.15) is 0 Å². The number of benzene rings is 4. The van der Waals surface area contributed by atoms with E-state index in [0.29, 0.717) is 0 Å². The summed E-state index contributed by atoms with van der Waals surface area (Å²) in [5.74, 6) is 0. The van der Waals surface area contributed by atoms with Gasteiger partial charge in [-0.25, -0.2) is 0 Å². The van der Waals surface area contributed by atoms with E-state index in [-0.39, 0.29) is 14.3 Å². The highest BCUT2D eigenvalue weighted by molar-refractivity contribution is 8.62. The third-order valence-corrected chi connectivity index (χ3v) is 55.2. The van der Waals surface area contributed by atoms with Crippen molar-refractivity contribution < 1.29 is 0 Å². The summed E-state index contributed by atoms with van der Waals surface area (Å²) in [6.07, 6.45) is 1.26. The molecule has 1 atom stereocenters. The van der Waals surface area contributed by atoms with Gasteiger partial charge in [-0.2, -0.15) is 0 Å². The zero-order chi connectivity index (χ0) is 27.4. The fourth-order valence-electron chi connectivity index (χ4n) is 5.99. The number of hydrogen-bond donors (Lipinski definition) is 0. The van der Waals surface area contributed by atoms with Gasteiger partial charge in [0.2, 0.25) is 0 Å². The summed E-state index contributed by atoms with van der Waals surface area (Å²) >= 11 is 0. The van der Waals surface area contributed by atoms with Crippen molar-refractivity contribution in [2.45, 2.75) is 46.2 Å². The molecule has 0 aliphatic rings. The lowest BCUT2D eigenvalue weighted by Gasteiger charge is -2.48. The van der Waals surface area contributed by atoms with Crippen LogP contribution in [-0.2, 0) is 0 Å². The van der Waals surface area contributed by atoms with Crippen molar-refractivity contribution in [1.29, 1.82) is 0 Å². The average molecular weight is 589 g/mol. The van der Waals surface area contributed by atoms with E-state index in [2.05, 4.69) is 168 Å². The summed E-state index contributed by atoms with van der Waals surface area (Å²) in [7, 11) is -3.20. The molecule has 0 bridgehead atoms. The molecule has 0 aromatic heterocycles. The molecule has 5 heteroatoms. The quantitative estimate of drug-likeness (QED) is 0.135. The molecule has 0 heterocycles. The Morgan fingerprint density at radius 2 is 0.842 bits per heavy atom. The Bertz CT molecular complexity index is 1240. The van der Waals surface area contributed by atoms with E-state index < -0.39 is 22.4 Å². The zero-order valence-electron chi connectivity index (χ0n) is 24.1. The minimum atomic E-state index is -2.14. The molecular weight excluding hydrogens is 545 g/mol. The summed E-state index contributed by atoms with van der Waals surface area (Å²) in [6, 6.07) is 46.2. The molecular formula is C33H43P3Si2. The summed E-state index contributed by atoms with van der Waals surface area (Å²) < 4.78 is 0. The topological polar surface area (TPSA) is 0 Å². The summed E-state index contributed by atoms with van der Waals surface area (Å²) in [4.78, 5) is 0. The molecule has 0 fully saturated rings. The van der Waals surface area contributed by atoms with Gasteiger partial charge in [0, 0.05) is 0 Å². The Balaban J connectivity index is 2.35. The van der Waals surface area contributed by atoms with Gasteiger partial charge in [-0.15, -0.1) is 6.71 Å². The fraction of sp³-hybridized carbons (Fsp3) is 0.242. The van der Waals surface area contributed by atoms with Crippen LogP contribution in [0.25, 0.3) is 0 Å². The molecule has 0 spiro atoms. The van der Waals surface area contributed by atoms with Crippen molar-refractivity contribution in [1.82, 2.24) is 0 Å². The fourth-order valence-corrected chi connectivity index (χ4v) is 68.7. The maximum Gasteiger partial charge on any atom is 0.0731 e. The van der Waals surface area contributed by atoms with Crippen molar-refractivity contribution in [3.05, 3.63) is 127 Å². The number of hydrogen-bond acceptors (Lipinski definition) is 0. The van der Waals surface area contributed by atoms with Gasteiger partial charge in [-0.1, -0.05) is 175 Å². The van der Waals surface area contributed by atoms with Gasteiger partial charge in [0.25, 0.3) is 0 Å². The summed E-state index contributed by atoms with van der Waals surface area (Å²) in [5.41, 5.74) is 1.47. The Morgan fingerprint density at radius 3 is 1.13 bits per heavy atom. The predicted octanol–water partition coefficient (Wildman–Crippen LogP) is 9.73. The Kier molecular flexibility index (Phi) is 9.56. The standard InChI is InChI=1S/C33H43P3Si2/c1-8-34(35(37(2,3)4)38(5,6)7)33(29-21-13-9-14-22-29)36(30-23-15-10-16-24-30,31-25-17-11-18-26-31)32-27-19-12-20-28-32/h9-28H,8H2,1-7H3. The minimum Gasteiger partial charge on any atom is -0.101 e. The highest BCUT2D eigenvalue weighted by Gasteiger charge is 2.45. The molecule has 0 saturated carbocycles. The molecule has 0 nitrogen and oxygen atoms in total. The summed E-state index contributed by atoms with van der Waals surface area (Å²) in [6.45, 7) is 16.3. The van der Waals surface area contributed by atoms with Crippen molar-refractivity contribution in [3.63, 3.8) is 0 Å². The minimum absolute atomic E-state index is 0.0713. The van der Waals surface area contributed by atoms with Crippen molar-refractivity contribution in [2.24, 2.45) is 0 Å². The van der Waals surface area contributed by atoms with Crippen LogP contribution in [0, 0.1) is 0 Å². The molecule has 0 N–H and O–H groups in total. The van der Waals surface area contributed by atoms with Gasteiger partial charge in [0.05, 0.1) is 15.5 Å². The van der Waals surface area contributed by atoms with E-state index in [4.69, 9.17) is 0 Å². The van der Waals surface area contributed by atoms with E-state index in [1.807, 2.05) is 0 Å². The van der Waals surface area contributed by atoms with Gasteiger partial charge in [0.15, 0.2) is 0 Å². The lowest BCUT2D eigenvalue weighted by Crippen LogP contribution is -2.35. The van der Waals surface area contributed by atoms with Crippen LogP contribution in [0.5, 0.6) is 0 Å². The SMILES string of the molecule is CCP(C(c1ccccc1)=P(c1ccccc1)(c1ccccc1)c1ccccc1)P([Si](C)(C)C)[Si](C)(C)C. The van der Waals surface area contributed by atoms with E-state index in [9.17, 15) is 0 Å². The van der Waals surface area contributed by atoms with Crippen LogP contribution in [-0.4, -0.2) is 26.7 Å². The molecule has 0 amide bonds. The second-order valence-corrected chi connectivity index (χ2v) is 43.6. The third kappa shape index (κ3) is 5.96. The Labute approximate surface area is 236 Å². The van der Waals surface area contributed by atoms with Gasteiger partial charge in [-0.3, -0.25) is 0 Å². The highest BCUT2D eigenvalue weighted by atomic mass is 32.3. The molecule has 0 aliphatic heterocycles. The van der Waals surface area contributed by atoms with Crippen LogP contribution < -0.4 is 15.9 Å². The predicted molar refractivity (Wildman–Crippen MR) is 187 cm³/mol. The lowest BCUT2D eigenvalue weighted by molar-refractivity contribution is 1.52. The maximum atomic E-state index is 2.66. The Morgan fingerprint density at radius 1 is 0.526 bits per heavy atom. The molecule has 4 aromatic carbocycles. The molecule has 0 aliphatic carbocycles. The molecule has 4 aromatic rings. The molecule has 0 saturated heterocycles. The van der Waals surface area contributed by atoms with Crippen LogP contribution in [0.4, 0.5) is 0 Å². The van der Waals surface area contributed by atoms with E-state index >= 15 is 0 Å². The second-order valence-electron chi connectivity index (χ2n) is 11.7. The van der Waals surface area contributed by atoms with Crippen molar-refractivity contribution >= 4 is 57.6 Å². The first kappa shape index (κ1) is 29.5. The maximum absolute atomic E-state index is 2.66. The number of rotatable bonds is 9. The molecule has 0 radical (unpaired) electrons. The van der Waals surface area contributed by atoms with Crippen LogP contribution >= 0.6 is 21.2 Å². The van der Waals surface area contributed by atoms with Gasteiger partial charge >= 0.3 is 0 Å². The molecule has 38 heavy (non-hydrogen) atoms. The first-order chi connectivity index (χ1) is 18.1. The lowest BCUT2D eigenvalue weighted by atomic mass is 10.2. The smallest absolute Gasteiger partial charge is 0.0731 e. The van der Waals surface area contributed by atoms with Crippen LogP contribution in [0.15, 0.2) is 121 Å². The van der Waals surface area contributed by atoms with E-state index in [0.717, 1.165) is 0 Å². The molecule has 1 unspecified atom stereocenters. The van der Waals surface area contributed by atoms with Crippen LogP contribution in [0.2, 0.25) is 39.3 Å². The van der Waals surface area contributed by atoms with E-state index in [1.54, 1.807) is 5.03 Å². The average Bonchev–Trinajstić information content (AvgIpc) is 2.91. The van der Waals surface area contributed by atoms with Crippen LogP contribution in [0.1, 0.15) is 12.5 Å². The second kappa shape index (κ2) is 12.3. The Hall–Kier alpha value is -1.53. The summed E-state index contributed by atoms with van der Waals surface area (Å²) in [5, 5.41) is 6.23. The monoisotopic (exact) mass is 588 g/mol. The molecule has 4 rings (SSSR count). The van der Waals surface area contributed by atoms with Crippen molar-refractivity contribution in [2.75, 3.05) is 6.16 Å². The third-order valence-electron chi connectivity index (χ3n) is 6.84. The van der Waals surface area contributed by atoms with Crippen molar-refractivity contribution in [3.8, 4) is 0 Å². The first-order valence-corrected chi connectivity index (χ1v) is 27.7. The first-order valence-electron chi connectivity index (χ1n) is 13.7. The molecule has 198 valence electrons. The normalized spacial score (nSPS) is 13.4. The van der Waals surface area contributed by atoms with Gasteiger partial charge < -0.3 is 0 Å². The highest BCUT2D eigenvalue weighted by Crippen LogP contribution is 2.81. The largest absolute Gasteiger partial charge is 0.101 e. The van der Waals surface area contributed by atoms with Gasteiger partial charge in [-0.05, 0) is 39.6 Å². The van der Waals surface area contributed by atoms with E-state index in [1.165, 1.54) is 27.6 Å².